The fraction of sp³-hybridized carbons (Fsp3) is 0.385. The molecule has 0 aliphatic heterocycles. The molecule has 1 amide bonds. The van der Waals surface area contributed by atoms with Gasteiger partial charge in [0.05, 0.1) is 5.25 Å². The Labute approximate surface area is 114 Å². The number of thioether (sulfide) groups is 1. The molecule has 0 spiro atoms. The Hall–Kier alpha value is -1.69. The third-order valence-corrected chi connectivity index (χ3v) is 3.91. The van der Waals surface area contributed by atoms with Crippen LogP contribution in [0.15, 0.2) is 27.8 Å². The normalized spacial score (nSPS) is 16.5. The monoisotopic (exact) mass is 277 g/mol. The lowest BCUT2D eigenvalue weighted by Crippen LogP contribution is -2.32. The van der Waals surface area contributed by atoms with Crippen LogP contribution in [-0.4, -0.2) is 22.2 Å². The van der Waals surface area contributed by atoms with Gasteiger partial charge < -0.3 is 15.5 Å². The maximum Gasteiger partial charge on any atom is 0.257 e. The standard InChI is InChI=1S/C13H15N3O2S/c1-7(12(17)15-9-3-4-9)19-13-16-10-6-8(14)2-5-11(10)18-13/h2,5-7,9H,3-4,14H2,1H3,(H,15,17). The average Bonchev–Trinajstić information content (AvgIpc) is 3.08. The lowest BCUT2D eigenvalue weighted by molar-refractivity contribution is -0.120. The summed E-state index contributed by atoms with van der Waals surface area (Å²) < 4.78 is 5.58. The van der Waals surface area contributed by atoms with Gasteiger partial charge in [-0.2, -0.15) is 0 Å². The number of aromatic nitrogens is 1. The van der Waals surface area contributed by atoms with Crippen molar-refractivity contribution < 1.29 is 9.21 Å². The fourth-order valence-electron chi connectivity index (χ4n) is 1.72. The zero-order valence-corrected chi connectivity index (χ0v) is 11.4. The summed E-state index contributed by atoms with van der Waals surface area (Å²) in [6.07, 6.45) is 2.18. The van der Waals surface area contributed by atoms with Crippen molar-refractivity contribution in [3.05, 3.63) is 18.2 Å². The zero-order valence-electron chi connectivity index (χ0n) is 10.6. The number of hydrogen-bond donors (Lipinski definition) is 2. The number of anilines is 1. The maximum atomic E-state index is 11.8. The molecule has 1 aromatic carbocycles. The second-order valence-corrected chi connectivity index (χ2v) is 6.04. The molecule has 1 atom stereocenters. The van der Waals surface area contributed by atoms with Gasteiger partial charge >= 0.3 is 0 Å². The minimum Gasteiger partial charge on any atom is -0.431 e. The van der Waals surface area contributed by atoms with Crippen molar-refractivity contribution in [3.8, 4) is 0 Å². The number of nitrogens with two attached hydrogens (primary N) is 1. The van der Waals surface area contributed by atoms with E-state index in [9.17, 15) is 4.79 Å². The summed E-state index contributed by atoms with van der Waals surface area (Å²) in [6, 6.07) is 5.69. The van der Waals surface area contributed by atoms with E-state index in [1.807, 2.05) is 6.92 Å². The molecule has 5 nitrogen and oxygen atoms in total. The topological polar surface area (TPSA) is 81.2 Å². The molecule has 1 heterocycles. The minimum absolute atomic E-state index is 0.0364. The van der Waals surface area contributed by atoms with Crippen LogP contribution in [0, 0.1) is 0 Å². The molecule has 0 bridgehead atoms. The first kappa shape index (κ1) is 12.3. The molecule has 100 valence electrons. The van der Waals surface area contributed by atoms with Crippen molar-refractivity contribution in [1.29, 1.82) is 0 Å². The van der Waals surface area contributed by atoms with Gasteiger partial charge in [-0.1, -0.05) is 11.8 Å². The molecular formula is C13H15N3O2S. The molecular weight excluding hydrogens is 262 g/mol. The first-order chi connectivity index (χ1) is 9.11. The van der Waals surface area contributed by atoms with Crippen molar-refractivity contribution in [2.45, 2.75) is 36.3 Å². The van der Waals surface area contributed by atoms with Crippen LogP contribution in [-0.2, 0) is 4.79 Å². The van der Waals surface area contributed by atoms with E-state index < -0.39 is 0 Å². The lowest BCUT2D eigenvalue weighted by Gasteiger charge is -2.08. The first-order valence-corrected chi connectivity index (χ1v) is 7.13. The molecule has 1 unspecified atom stereocenters. The molecule has 0 saturated heterocycles. The van der Waals surface area contributed by atoms with Gasteiger partial charge in [0.25, 0.3) is 5.22 Å². The average molecular weight is 277 g/mol. The van der Waals surface area contributed by atoms with Crippen molar-refractivity contribution >= 4 is 34.5 Å². The van der Waals surface area contributed by atoms with Crippen LogP contribution >= 0.6 is 11.8 Å². The van der Waals surface area contributed by atoms with Crippen molar-refractivity contribution in [3.63, 3.8) is 0 Å². The number of amides is 1. The van der Waals surface area contributed by atoms with Gasteiger partial charge in [-0.15, -0.1) is 0 Å². The van der Waals surface area contributed by atoms with Crippen LogP contribution in [0.2, 0.25) is 0 Å². The highest BCUT2D eigenvalue weighted by Gasteiger charge is 2.26. The summed E-state index contributed by atoms with van der Waals surface area (Å²) in [7, 11) is 0. The molecule has 1 aliphatic carbocycles. The first-order valence-electron chi connectivity index (χ1n) is 6.25. The highest BCUT2D eigenvalue weighted by Crippen LogP contribution is 2.28. The third-order valence-electron chi connectivity index (χ3n) is 2.96. The predicted molar refractivity (Wildman–Crippen MR) is 74.9 cm³/mol. The highest BCUT2D eigenvalue weighted by molar-refractivity contribution is 8.00. The van der Waals surface area contributed by atoms with Crippen LogP contribution in [0.3, 0.4) is 0 Å². The number of nitrogens with one attached hydrogen (secondary N) is 1. The van der Waals surface area contributed by atoms with Gasteiger partial charge in [0.1, 0.15) is 5.52 Å². The van der Waals surface area contributed by atoms with Crippen LogP contribution < -0.4 is 11.1 Å². The summed E-state index contributed by atoms with van der Waals surface area (Å²) in [5.74, 6) is 0.0364. The van der Waals surface area contributed by atoms with Crippen molar-refractivity contribution in [2.75, 3.05) is 5.73 Å². The van der Waals surface area contributed by atoms with Gasteiger partial charge in [0.2, 0.25) is 5.91 Å². The van der Waals surface area contributed by atoms with Crippen molar-refractivity contribution in [2.24, 2.45) is 0 Å². The third kappa shape index (κ3) is 2.84. The van der Waals surface area contributed by atoms with Crippen LogP contribution in [0.5, 0.6) is 0 Å². The van der Waals surface area contributed by atoms with E-state index in [4.69, 9.17) is 10.2 Å². The zero-order chi connectivity index (χ0) is 13.4. The SMILES string of the molecule is CC(Sc1nc2cc(N)ccc2o1)C(=O)NC1CC1. The lowest BCUT2D eigenvalue weighted by atomic mass is 10.3. The molecule has 6 heteroatoms. The number of hydrogen-bond acceptors (Lipinski definition) is 5. The van der Waals surface area contributed by atoms with E-state index in [2.05, 4.69) is 10.3 Å². The summed E-state index contributed by atoms with van der Waals surface area (Å²) in [5.41, 5.74) is 7.75. The molecule has 3 rings (SSSR count). The Balaban J connectivity index is 1.71. The fourth-order valence-corrected chi connectivity index (χ4v) is 2.49. The Morgan fingerprint density at radius 2 is 2.37 bits per heavy atom. The van der Waals surface area contributed by atoms with Crippen LogP contribution in [0.1, 0.15) is 19.8 Å². The van der Waals surface area contributed by atoms with E-state index in [1.54, 1.807) is 18.2 Å². The molecule has 3 N–H and O–H groups in total. The Kier molecular flexibility index (Phi) is 3.10. The molecule has 0 radical (unpaired) electrons. The van der Waals surface area contributed by atoms with E-state index in [0.717, 1.165) is 18.4 Å². The van der Waals surface area contributed by atoms with Crippen LogP contribution in [0.4, 0.5) is 5.69 Å². The minimum atomic E-state index is -0.217. The van der Waals surface area contributed by atoms with E-state index in [1.165, 1.54) is 11.8 Å². The quantitative estimate of drug-likeness (QED) is 0.661. The number of carbonyl (C=O) groups is 1. The molecule has 1 aromatic heterocycles. The molecule has 19 heavy (non-hydrogen) atoms. The number of nitrogen functional groups attached to an aromatic ring is 1. The number of benzene rings is 1. The summed E-state index contributed by atoms with van der Waals surface area (Å²) in [6.45, 7) is 1.85. The molecule has 1 fully saturated rings. The number of nitrogens with zero attached hydrogens (tertiary/aromatic N) is 1. The van der Waals surface area contributed by atoms with Crippen molar-refractivity contribution in [1.82, 2.24) is 10.3 Å². The molecule has 1 aliphatic rings. The van der Waals surface area contributed by atoms with Gasteiger partial charge in [-0.3, -0.25) is 4.79 Å². The Morgan fingerprint density at radius 3 is 3.11 bits per heavy atom. The van der Waals surface area contributed by atoms with Gasteiger partial charge in [-0.05, 0) is 38.0 Å². The summed E-state index contributed by atoms with van der Waals surface area (Å²) >= 11 is 1.32. The summed E-state index contributed by atoms with van der Waals surface area (Å²) in [4.78, 5) is 16.2. The van der Waals surface area contributed by atoms with E-state index in [0.29, 0.717) is 22.5 Å². The highest BCUT2D eigenvalue weighted by atomic mass is 32.2. The largest absolute Gasteiger partial charge is 0.431 e. The summed E-state index contributed by atoms with van der Waals surface area (Å²) in [5, 5.41) is 3.25. The second kappa shape index (κ2) is 4.77. The Morgan fingerprint density at radius 1 is 1.58 bits per heavy atom. The maximum absolute atomic E-state index is 11.8. The number of oxazole rings is 1. The number of rotatable bonds is 4. The van der Waals surface area contributed by atoms with Gasteiger partial charge in [0.15, 0.2) is 5.58 Å². The number of carbonyl (C=O) groups excluding carboxylic acids is 1. The Bertz CT molecular complexity index is 621. The smallest absolute Gasteiger partial charge is 0.257 e. The van der Waals surface area contributed by atoms with Gasteiger partial charge in [-0.25, -0.2) is 4.98 Å². The molecule has 1 saturated carbocycles. The van der Waals surface area contributed by atoms with E-state index in [-0.39, 0.29) is 11.2 Å². The van der Waals surface area contributed by atoms with Crippen LogP contribution in [0.25, 0.3) is 11.1 Å². The predicted octanol–water partition coefficient (Wildman–Crippen LogP) is 2.17. The molecule has 2 aromatic rings. The van der Waals surface area contributed by atoms with Gasteiger partial charge in [0, 0.05) is 11.7 Å². The van der Waals surface area contributed by atoms with E-state index >= 15 is 0 Å². The number of fused-ring (bicyclic) bond motifs is 1. The second-order valence-electron chi connectivity index (χ2n) is 4.75.